The maximum Gasteiger partial charge on any atom is 0.245 e. The van der Waals surface area contributed by atoms with Crippen LogP contribution in [0.4, 0.5) is 5.95 Å². The highest BCUT2D eigenvalue weighted by Crippen LogP contribution is 2.31. The molecule has 3 rings (SSSR count). The molecule has 0 spiro atoms. The molecular weight excluding hydrogens is 266 g/mol. The van der Waals surface area contributed by atoms with E-state index < -0.39 is 0 Å². The van der Waals surface area contributed by atoms with Gasteiger partial charge >= 0.3 is 0 Å². The van der Waals surface area contributed by atoms with E-state index in [1.807, 2.05) is 6.92 Å². The lowest BCUT2D eigenvalue weighted by Gasteiger charge is -2.28. The summed E-state index contributed by atoms with van der Waals surface area (Å²) in [5, 5.41) is 3.13. The summed E-state index contributed by atoms with van der Waals surface area (Å²) in [4.78, 5) is 16.2. The predicted molar refractivity (Wildman–Crippen MR) is 82.5 cm³/mol. The summed E-state index contributed by atoms with van der Waals surface area (Å²) in [5.41, 5.74) is 1.44. The Balaban J connectivity index is 1.83. The number of aromatic amines is 1. The molecule has 0 saturated heterocycles. The van der Waals surface area contributed by atoms with Crippen molar-refractivity contribution in [1.29, 1.82) is 0 Å². The number of H-pyrrole nitrogens is 1. The molecule has 2 unspecified atom stereocenters. The van der Waals surface area contributed by atoms with E-state index in [0.717, 1.165) is 30.8 Å². The number of hydrogen-bond donors (Lipinski definition) is 2. The van der Waals surface area contributed by atoms with Gasteiger partial charge in [0.25, 0.3) is 0 Å². The molecule has 0 bridgehead atoms. The van der Waals surface area contributed by atoms with Crippen LogP contribution in [0.1, 0.15) is 46.0 Å². The number of nitrogens with one attached hydrogen (secondary N) is 2. The Morgan fingerprint density at radius 1 is 1.33 bits per heavy atom. The van der Waals surface area contributed by atoms with Crippen LogP contribution < -0.4 is 10.1 Å². The quantitative estimate of drug-likeness (QED) is 0.884. The van der Waals surface area contributed by atoms with E-state index in [0.29, 0.717) is 17.5 Å². The molecule has 2 atom stereocenters. The Kier molecular flexibility index (Phi) is 4.22. The minimum absolute atomic E-state index is 0.250. The Bertz CT molecular complexity index is 597. The monoisotopic (exact) mass is 289 g/mol. The number of aromatic nitrogens is 4. The van der Waals surface area contributed by atoms with Crippen molar-refractivity contribution >= 4 is 17.1 Å². The van der Waals surface area contributed by atoms with E-state index in [9.17, 15) is 0 Å². The largest absolute Gasteiger partial charge is 0.473 e. The summed E-state index contributed by atoms with van der Waals surface area (Å²) in [7, 11) is 0. The zero-order valence-electron chi connectivity index (χ0n) is 12.7. The first-order chi connectivity index (χ1) is 10.3. The molecule has 2 heterocycles. The molecule has 2 aromatic heterocycles. The zero-order chi connectivity index (χ0) is 14.7. The number of nitrogens with zero attached hydrogens (tertiary/aromatic N) is 3. The van der Waals surface area contributed by atoms with Crippen LogP contribution in [-0.2, 0) is 0 Å². The smallest absolute Gasteiger partial charge is 0.245 e. The topological polar surface area (TPSA) is 75.7 Å². The molecule has 1 fully saturated rings. The van der Waals surface area contributed by atoms with E-state index in [4.69, 9.17) is 4.74 Å². The van der Waals surface area contributed by atoms with Crippen LogP contribution in [0.3, 0.4) is 0 Å². The van der Waals surface area contributed by atoms with Crippen LogP contribution in [0, 0.1) is 5.92 Å². The van der Waals surface area contributed by atoms with Crippen molar-refractivity contribution in [3.8, 4) is 5.88 Å². The maximum atomic E-state index is 6.18. The van der Waals surface area contributed by atoms with Gasteiger partial charge in [0, 0.05) is 6.54 Å². The van der Waals surface area contributed by atoms with E-state index in [-0.39, 0.29) is 6.10 Å². The number of hydrogen-bond acceptors (Lipinski definition) is 5. The molecule has 21 heavy (non-hydrogen) atoms. The highest BCUT2D eigenvalue weighted by Gasteiger charge is 2.24. The van der Waals surface area contributed by atoms with Gasteiger partial charge in [-0.05, 0) is 32.1 Å². The van der Waals surface area contributed by atoms with Crippen LogP contribution in [0.15, 0.2) is 6.33 Å². The fourth-order valence-electron chi connectivity index (χ4n) is 3.01. The Morgan fingerprint density at radius 2 is 2.24 bits per heavy atom. The average molecular weight is 289 g/mol. The van der Waals surface area contributed by atoms with Crippen molar-refractivity contribution in [3.05, 3.63) is 6.33 Å². The summed E-state index contributed by atoms with van der Waals surface area (Å²) in [6, 6.07) is 0. The normalized spacial score (nSPS) is 22.4. The fraction of sp³-hybridized carbons (Fsp3) is 0.667. The van der Waals surface area contributed by atoms with Gasteiger partial charge in [-0.2, -0.15) is 9.97 Å². The summed E-state index contributed by atoms with van der Waals surface area (Å²) in [5.74, 6) is 1.97. The minimum Gasteiger partial charge on any atom is -0.473 e. The maximum absolute atomic E-state index is 6.18. The molecule has 0 aliphatic heterocycles. The molecule has 2 aromatic rings. The van der Waals surface area contributed by atoms with Gasteiger partial charge in [-0.25, -0.2) is 4.98 Å². The number of fused-ring (bicyclic) bond motifs is 1. The summed E-state index contributed by atoms with van der Waals surface area (Å²) < 4.78 is 6.18. The summed E-state index contributed by atoms with van der Waals surface area (Å²) in [6.45, 7) is 5.05. The Morgan fingerprint density at radius 3 is 3.05 bits per heavy atom. The fourth-order valence-corrected chi connectivity index (χ4v) is 3.01. The van der Waals surface area contributed by atoms with Crippen molar-refractivity contribution in [3.63, 3.8) is 0 Å². The molecule has 0 amide bonds. The van der Waals surface area contributed by atoms with Crippen molar-refractivity contribution in [1.82, 2.24) is 19.9 Å². The molecule has 0 radical (unpaired) electrons. The van der Waals surface area contributed by atoms with Gasteiger partial charge in [-0.3, -0.25) is 0 Å². The SMILES string of the molecule is CCNc1nc(OC2CCCC(CC)C2)c2[nH]cnc2n1. The molecule has 1 aliphatic rings. The predicted octanol–water partition coefficient (Wildman–Crippen LogP) is 3.13. The van der Waals surface area contributed by atoms with Gasteiger partial charge in [0.1, 0.15) is 11.6 Å². The second-order valence-corrected chi connectivity index (χ2v) is 5.66. The van der Waals surface area contributed by atoms with Crippen LogP contribution in [0.25, 0.3) is 11.2 Å². The molecule has 2 N–H and O–H groups in total. The number of rotatable bonds is 5. The molecular formula is C15H23N5O. The molecule has 0 aromatic carbocycles. The first-order valence-corrected chi connectivity index (χ1v) is 7.91. The third-order valence-corrected chi connectivity index (χ3v) is 4.18. The van der Waals surface area contributed by atoms with E-state index >= 15 is 0 Å². The molecule has 6 heteroatoms. The second-order valence-electron chi connectivity index (χ2n) is 5.66. The molecule has 114 valence electrons. The zero-order valence-corrected chi connectivity index (χ0v) is 12.7. The third kappa shape index (κ3) is 3.09. The van der Waals surface area contributed by atoms with Crippen molar-refractivity contribution < 1.29 is 4.74 Å². The molecule has 1 aliphatic carbocycles. The van der Waals surface area contributed by atoms with E-state index in [1.54, 1.807) is 6.33 Å². The number of ether oxygens (including phenoxy) is 1. The standard InChI is InChI=1S/C15H23N5O/c1-3-10-6-5-7-11(8-10)21-14-12-13(18-9-17-12)19-15(20-14)16-4-2/h9-11H,3-8H2,1-2H3,(H2,16,17,18,19,20). The van der Waals surface area contributed by atoms with Gasteiger partial charge < -0.3 is 15.0 Å². The number of anilines is 1. The van der Waals surface area contributed by atoms with Crippen LogP contribution in [-0.4, -0.2) is 32.6 Å². The molecule has 1 saturated carbocycles. The van der Waals surface area contributed by atoms with Crippen molar-refractivity contribution in [2.75, 3.05) is 11.9 Å². The van der Waals surface area contributed by atoms with E-state index in [1.165, 1.54) is 19.3 Å². The average Bonchev–Trinajstić information content (AvgIpc) is 2.96. The lowest BCUT2D eigenvalue weighted by atomic mass is 9.85. The first kappa shape index (κ1) is 14.1. The van der Waals surface area contributed by atoms with Gasteiger partial charge in [0.05, 0.1) is 6.33 Å². The van der Waals surface area contributed by atoms with Gasteiger partial charge in [0.2, 0.25) is 11.8 Å². The van der Waals surface area contributed by atoms with Crippen LogP contribution in [0.2, 0.25) is 0 Å². The van der Waals surface area contributed by atoms with Gasteiger partial charge in [0.15, 0.2) is 5.65 Å². The van der Waals surface area contributed by atoms with Crippen molar-refractivity contribution in [2.45, 2.75) is 52.1 Å². The number of imidazole rings is 1. The van der Waals surface area contributed by atoms with Crippen LogP contribution in [0.5, 0.6) is 5.88 Å². The Labute approximate surface area is 124 Å². The first-order valence-electron chi connectivity index (χ1n) is 7.91. The van der Waals surface area contributed by atoms with E-state index in [2.05, 4.69) is 32.2 Å². The summed E-state index contributed by atoms with van der Waals surface area (Å²) in [6.07, 6.45) is 7.89. The van der Waals surface area contributed by atoms with Crippen LogP contribution >= 0.6 is 0 Å². The Hall–Kier alpha value is -1.85. The second kappa shape index (κ2) is 6.28. The minimum atomic E-state index is 0.250. The summed E-state index contributed by atoms with van der Waals surface area (Å²) >= 11 is 0. The highest BCUT2D eigenvalue weighted by atomic mass is 16.5. The van der Waals surface area contributed by atoms with Crippen molar-refractivity contribution in [2.24, 2.45) is 5.92 Å². The lowest BCUT2D eigenvalue weighted by Crippen LogP contribution is -2.25. The highest BCUT2D eigenvalue weighted by molar-refractivity contribution is 5.76. The van der Waals surface area contributed by atoms with Gasteiger partial charge in [-0.15, -0.1) is 0 Å². The van der Waals surface area contributed by atoms with Gasteiger partial charge in [-0.1, -0.05) is 19.8 Å². The molecule has 6 nitrogen and oxygen atoms in total. The lowest BCUT2D eigenvalue weighted by molar-refractivity contribution is 0.119. The third-order valence-electron chi connectivity index (χ3n) is 4.18.